The molecule has 0 aliphatic heterocycles. The van der Waals surface area contributed by atoms with Crippen LogP contribution >= 0.6 is 0 Å². The summed E-state index contributed by atoms with van der Waals surface area (Å²) in [7, 11) is 0. The average Bonchev–Trinajstić information content (AvgIpc) is 0. The van der Waals surface area contributed by atoms with Crippen LogP contribution < -0.4 is 0 Å². The fourth-order valence-electron chi connectivity index (χ4n) is 0. The monoisotopic (exact) mass is 142 g/mol. The van der Waals surface area contributed by atoms with Crippen LogP contribution in [0, 0.1) is 0 Å². The molecule has 0 aromatic rings. The molecule has 4 heteroatoms. The van der Waals surface area contributed by atoms with Crippen molar-refractivity contribution in [2.75, 3.05) is 0 Å². The van der Waals surface area contributed by atoms with Crippen molar-refractivity contribution in [2.45, 2.75) is 0 Å². The summed E-state index contributed by atoms with van der Waals surface area (Å²) in [6.45, 7) is 0. The largest absolute Gasteiger partial charge is 0.412 e. The van der Waals surface area contributed by atoms with E-state index in [0.717, 1.165) is 0 Å². The van der Waals surface area contributed by atoms with E-state index >= 15 is 0 Å². The Morgan fingerprint density at radius 1 is 0.750 bits per heavy atom. The van der Waals surface area contributed by atoms with Crippen LogP contribution in [-0.4, -0.2) is 40.2 Å². The normalized spacial score (nSPS) is 0. The first kappa shape index (κ1) is 44.9. The number of hydrogen-bond acceptors (Lipinski definition) is 0. The first-order chi connectivity index (χ1) is 0. The quantitative estimate of drug-likeness (QED) is 0.320. The Balaban J connectivity index is 0. The summed E-state index contributed by atoms with van der Waals surface area (Å²) < 4.78 is 0. The molecule has 0 amide bonds. The summed E-state index contributed by atoms with van der Waals surface area (Å²) in [6, 6.07) is 0. The maximum atomic E-state index is 0. The molecule has 0 fully saturated rings. The van der Waals surface area contributed by atoms with E-state index in [-0.39, 0.29) is 59.7 Å². The summed E-state index contributed by atoms with van der Waals surface area (Å²) >= 11 is 0. The van der Waals surface area contributed by atoms with E-state index in [2.05, 4.69) is 0 Å². The third-order valence-corrected chi connectivity index (χ3v) is 0. The molecule has 0 radical (unpaired) electrons. The Morgan fingerprint density at radius 3 is 0.750 bits per heavy atom. The molecule has 0 heterocycles. The van der Waals surface area contributed by atoms with E-state index in [0.29, 0.717) is 0 Å². The van der Waals surface area contributed by atoms with Gasteiger partial charge >= 0.3 is 0 Å². The number of rotatable bonds is 0. The predicted octanol–water partition coefficient (Wildman–Crippen LogP) is -3.20. The van der Waals surface area contributed by atoms with Crippen molar-refractivity contribution in [1.82, 2.24) is 0 Å². The van der Waals surface area contributed by atoms with E-state index in [1.54, 1.807) is 0 Å². The molecule has 0 unspecified atom stereocenters. The van der Waals surface area contributed by atoms with E-state index in [4.69, 9.17) is 0 Å². The fraction of sp³-hybridized carbons (Fsp3) is 0. The van der Waals surface area contributed by atoms with E-state index in [1.807, 2.05) is 0 Å². The minimum Gasteiger partial charge on any atom is -0.412 e. The van der Waals surface area contributed by atoms with E-state index < -0.39 is 0 Å². The second-order valence-corrected chi connectivity index (χ2v) is 0. The van der Waals surface area contributed by atoms with Crippen molar-refractivity contribution < 1.29 is 25.0 Å². The van der Waals surface area contributed by atoms with Crippen molar-refractivity contribution in [3.63, 3.8) is 0 Å². The van der Waals surface area contributed by atoms with Gasteiger partial charge in [-0.3, -0.25) is 0 Å². The molecule has 0 rings (SSSR count). The molecule has 0 aromatic heterocycles. The Morgan fingerprint density at radius 2 is 0.750 bits per heavy atom. The van der Waals surface area contributed by atoms with Crippen molar-refractivity contribution >= 4 is 34.7 Å². The van der Waals surface area contributed by atoms with Crippen LogP contribution in [0.1, 0.15) is 0 Å². The van der Waals surface area contributed by atoms with Crippen molar-refractivity contribution in [1.29, 1.82) is 0 Å². The van der Waals surface area contributed by atoms with Crippen LogP contribution in [0.3, 0.4) is 0 Å². The molecule has 0 spiro atoms. The van der Waals surface area contributed by atoms with Crippen LogP contribution in [0.2, 0.25) is 0 Å². The Labute approximate surface area is 59.5 Å². The molecule has 0 saturated heterocycles. The van der Waals surface area contributed by atoms with Crippen LogP contribution in [-0.2, 0) is 19.5 Å². The second kappa shape index (κ2) is 22.8. The molecule has 22 valence electrons. The van der Waals surface area contributed by atoms with Gasteiger partial charge in [0.25, 0.3) is 0 Å². The van der Waals surface area contributed by atoms with Crippen LogP contribution in [0.4, 0.5) is 0 Å². The topological polar surface area (TPSA) is 31.5 Å². The van der Waals surface area contributed by atoms with Gasteiger partial charge in [0, 0.05) is 19.5 Å². The zero-order valence-corrected chi connectivity index (χ0v) is 4.17. The number of hydrogen-bond donors (Lipinski definition) is 0. The zero-order valence-electron chi connectivity index (χ0n) is 1.21. The van der Waals surface area contributed by atoms with Gasteiger partial charge in [-0.25, -0.2) is 0 Å². The molecule has 0 saturated carbocycles. The molecule has 4 heavy (non-hydrogen) atoms. The average molecular weight is 143 g/mol. The van der Waals surface area contributed by atoms with Crippen molar-refractivity contribution in [2.24, 2.45) is 0 Å². The van der Waals surface area contributed by atoms with Gasteiger partial charge in [0.2, 0.25) is 0 Å². The first-order valence-electron chi connectivity index (χ1n) is 0. The summed E-state index contributed by atoms with van der Waals surface area (Å²) in [4.78, 5) is 0. The van der Waals surface area contributed by atoms with Gasteiger partial charge in [0.05, 0.1) is 0 Å². The van der Waals surface area contributed by atoms with Crippen LogP contribution in [0.5, 0.6) is 0 Å². The maximum Gasteiger partial charge on any atom is 0.187 e. The maximum absolute atomic E-state index is 0. The molecule has 0 bridgehead atoms. The Kier molecular flexibility index (Phi) is 256. The SMILES string of the molecule is O.[AlH3].[AlH3].[Zn]. The third kappa shape index (κ3) is 9.42. The minimum absolute atomic E-state index is 0. The summed E-state index contributed by atoms with van der Waals surface area (Å²) in [6.07, 6.45) is 0. The van der Waals surface area contributed by atoms with Crippen molar-refractivity contribution in [3.8, 4) is 0 Å². The van der Waals surface area contributed by atoms with Crippen LogP contribution in [0.25, 0.3) is 0 Å². The van der Waals surface area contributed by atoms with E-state index in [1.165, 1.54) is 0 Å². The Bertz CT molecular complexity index is 6.00. The summed E-state index contributed by atoms with van der Waals surface area (Å²) in [5.41, 5.74) is 0. The Hall–Kier alpha value is 1.65. The van der Waals surface area contributed by atoms with Gasteiger partial charge in [-0.15, -0.1) is 0 Å². The molecule has 2 N–H and O–H groups in total. The second-order valence-electron chi connectivity index (χ2n) is 0. The molecule has 0 atom stereocenters. The van der Waals surface area contributed by atoms with Crippen LogP contribution in [0.15, 0.2) is 0 Å². The van der Waals surface area contributed by atoms with Gasteiger partial charge < -0.3 is 5.48 Å². The zero-order chi connectivity index (χ0) is 0. The minimum atomic E-state index is 0. The standard InChI is InChI=1S/2Al.H2O.Zn.6H/h;;1H2;;;;;;;. The molecule has 1 nitrogen and oxygen atoms in total. The molecular weight excluding hydrogens is 135 g/mol. The predicted molar refractivity (Wildman–Crippen MR) is 23.5 cm³/mol. The smallest absolute Gasteiger partial charge is 0.187 e. The molecular formula is H8Al2OZn. The van der Waals surface area contributed by atoms with Gasteiger partial charge in [0.15, 0.2) is 34.7 Å². The molecule has 0 aliphatic carbocycles. The molecule has 0 aliphatic rings. The third-order valence-electron chi connectivity index (χ3n) is 0. The summed E-state index contributed by atoms with van der Waals surface area (Å²) in [5, 5.41) is 0. The van der Waals surface area contributed by atoms with E-state index in [9.17, 15) is 0 Å². The van der Waals surface area contributed by atoms with Gasteiger partial charge in [-0.1, -0.05) is 0 Å². The summed E-state index contributed by atoms with van der Waals surface area (Å²) in [5.74, 6) is 0. The van der Waals surface area contributed by atoms with Gasteiger partial charge in [0.1, 0.15) is 0 Å². The van der Waals surface area contributed by atoms with Crippen molar-refractivity contribution in [3.05, 3.63) is 0 Å². The first-order valence-corrected chi connectivity index (χ1v) is 0. The van der Waals surface area contributed by atoms with Gasteiger partial charge in [-0.05, 0) is 0 Å². The fourth-order valence-corrected chi connectivity index (χ4v) is 0. The van der Waals surface area contributed by atoms with Gasteiger partial charge in [-0.2, -0.15) is 0 Å². The molecule has 0 aromatic carbocycles.